The molecule has 1 atom stereocenters. The molecule has 0 aliphatic heterocycles. The molecule has 0 radical (unpaired) electrons. The lowest BCUT2D eigenvalue weighted by Crippen LogP contribution is -2.23. The lowest BCUT2D eigenvalue weighted by molar-refractivity contribution is 0.0560. The zero-order valence-electron chi connectivity index (χ0n) is 19.5. The minimum atomic E-state index is -0.542. The van der Waals surface area contributed by atoms with Crippen molar-refractivity contribution in [1.82, 2.24) is 4.98 Å². The zero-order chi connectivity index (χ0) is 23.7. The summed E-state index contributed by atoms with van der Waals surface area (Å²) in [7, 11) is 4.60. The molecule has 7 heteroatoms. The standard InChI is InChI=1S/C27H27NO6/c1-30-20-10-8-16(15-23(20)31-2)14-17-9-11-21(33-24-13-12-22(34-24)27(29)32-3)26-25(17)18-6-4-5-7-19(18)28-26/h7-13,15,17,28H,4-6,14H2,1-3H3. The van der Waals surface area contributed by atoms with Crippen molar-refractivity contribution >= 4 is 17.8 Å². The molecule has 0 saturated heterocycles. The number of esters is 1. The number of nitrogens with one attached hydrogen (secondary N) is 1. The first-order valence-electron chi connectivity index (χ1n) is 11.3. The van der Waals surface area contributed by atoms with Crippen LogP contribution in [0.2, 0.25) is 0 Å². The second-order valence-corrected chi connectivity index (χ2v) is 8.34. The average Bonchev–Trinajstić information content (AvgIpc) is 3.50. The summed E-state index contributed by atoms with van der Waals surface area (Å²) in [6.07, 6.45) is 10.4. The Labute approximate surface area is 197 Å². The van der Waals surface area contributed by atoms with E-state index in [1.165, 1.54) is 18.2 Å². The number of aromatic amines is 1. The first-order valence-corrected chi connectivity index (χ1v) is 11.3. The highest BCUT2D eigenvalue weighted by atomic mass is 16.6. The maximum absolute atomic E-state index is 11.7. The van der Waals surface area contributed by atoms with Crippen molar-refractivity contribution in [1.29, 1.82) is 0 Å². The minimum Gasteiger partial charge on any atom is -0.493 e. The minimum absolute atomic E-state index is 0.101. The third-order valence-corrected chi connectivity index (χ3v) is 6.34. The van der Waals surface area contributed by atoms with Crippen LogP contribution in [0.25, 0.3) is 11.8 Å². The Morgan fingerprint density at radius 3 is 2.76 bits per heavy atom. The number of fused-ring (bicyclic) bond motifs is 3. The summed E-state index contributed by atoms with van der Waals surface area (Å²) in [6.45, 7) is 0. The molecule has 0 bridgehead atoms. The number of hydrogen-bond donors (Lipinski definition) is 1. The molecule has 1 aromatic carbocycles. The number of hydrogen-bond acceptors (Lipinski definition) is 6. The Balaban J connectivity index is 1.52. The average molecular weight is 462 g/mol. The van der Waals surface area contributed by atoms with Gasteiger partial charge in [0.1, 0.15) is 0 Å². The predicted octanol–water partition coefficient (Wildman–Crippen LogP) is 3.61. The molecule has 2 aliphatic rings. The van der Waals surface area contributed by atoms with Gasteiger partial charge in [-0.15, -0.1) is 0 Å². The van der Waals surface area contributed by atoms with Crippen molar-refractivity contribution in [3.05, 3.63) is 75.6 Å². The number of furan rings is 1. The molecule has 0 saturated carbocycles. The van der Waals surface area contributed by atoms with Gasteiger partial charge < -0.3 is 28.3 Å². The van der Waals surface area contributed by atoms with Gasteiger partial charge in [0.25, 0.3) is 5.95 Å². The predicted molar refractivity (Wildman–Crippen MR) is 127 cm³/mol. The van der Waals surface area contributed by atoms with Gasteiger partial charge in [-0.3, -0.25) is 0 Å². The first-order chi connectivity index (χ1) is 16.6. The van der Waals surface area contributed by atoms with E-state index in [9.17, 15) is 4.79 Å². The molecule has 3 aromatic rings. The third kappa shape index (κ3) is 3.98. The molecule has 0 fully saturated rings. The van der Waals surface area contributed by atoms with E-state index in [0.29, 0.717) is 11.5 Å². The SMILES string of the molecule is COC(=O)c1ccc(OC2=c3[nH]c4c(c3C(Cc3ccc(OC)c(OC)c3)C=C2)CCCC=4)o1. The van der Waals surface area contributed by atoms with Gasteiger partial charge in [0.2, 0.25) is 5.76 Å². The molecular formula is C27H27NO6. The molecule has 2 aliphatic carbocycles. The highest BCUT2D eigenvalue weighted by molar-refractivity contribution is 5.86. The van der Waals surface area contributed by atoms with Gasteiger partial charge in [0.05, 0.1) is 26.7 Å². The van der Waals surface area contributed by atoms with E-state index in [-0.39, 0.29) is 17.6 Å². The molecule has 176 valence electrons. The van der Waals surface area contributed by atoms with Crippen LogP contribution in [0.1, 0.15) is 46.0 Å². The van der Waals surface area contributed by atoms with Crippen LogP contribution in [0.5, 0.6) is 17.4 Å². The van der Waals surface area contributed by atoms with Gasteiger partial charge in [-0.05, 0) is 66.6 Å². The molecule has 1 unspecified atom stereocenters. The van der Waals surface area contributed by atoms with Crippen LogP contribution in [0.3, 0.4) is 0 Å². The lowest BCUT2D eigenvalue weighted by atomic mass is 9.85. The second kappa shape index (κ2) is 9.17. The monoisotopic (exact) mass is 461 g/mol. The van der Waals surface area contributed by atoms with E-state index >= 15 is 0 Å². The van der Waals surface area contributed by atoms with E-state index in [1.807, 2.05) is 18.2 Å². The highest BCUT2D eigenvalue weighted by Gasteiger charge is 2.25. The van der Waals surface area contributed by atoms with Crippen molar-refractivity contribution in [2.75, 3.05) is 21.3 Å². The number of H-pyrrole nitrogens is 1. The Hall–Kier alpha value is -3.87. The van der Waals surface area contributed by atoms with Gasteiger partial charge in [-0.25, -0.2) is 4.79 Å². The maximum Gasteiger partial charge on any atom is 0.374 e. The van der Waals surface area contributed by atoms with Gasteiger partial charge in [0.15, 0.2) is 17.3 Å². The molecule has 5 rings (SSSR count). The Morgan fingerprint density at radius 2 is 1.97 bits per heavy atom. The smallest absolute Gasteiger partial charge is 0.374 e. The molecular weight excluding hydrogens is 434 g/mol. The first kappa shape index (κ1) is 21.9. The van der Waals surface area contributed by atoms with Crippen LogP contribution >= 0.6 is 0 Å². The summed E-state index contributed by atoms with van der Waals surface area (Å²) in [5.41, 5.74) is 3.75. The van der Waals surface area contributed by atoms with Crippen LogP contribution in [0.4, 0.5) is 0 Å². The Bertz CT molecular complexity index is 1380. The number of ether oxygens (including phenoxy) is 4. The van der Waals surface area contributed by atoms with E-state index < -0.39 is 5.97 Å². The highest BCUT2D eigenvalue weighted by Crippen LogP contribution is 2.33. The van der Waals surface area contributed by atoms with Crippen molar-refractivity contribution in [3.8, 4) is 17.4 Å². The molecule has 7 nitrogen and oxygen atoms in total. The van der Waals surface area contributed by atoms with Gasteiger partial charge in [-0.1, -0.05) is 18.2 Å². The summed E-state index contributed by atoms with van der Waals surface area (Å²) in [5.74, 6) is 2.07. The van der Waals surface area contributed by atoms with Gasteiger partial charge in [-0.2, -0.15) is 0 Å². The summed E-state index contributed by atoms with van der Waals surface area (Å²) in [5, 5.41) is 2.11. The Morgan fingerprint density at radius 1 is 1.12 bits per heavy atom. The molecule has 2 aromatic heterocycles. The van der Waals surface area contributed by atoms with Gasteiger partial charge in [0, 0.05) is 17.3 Å². The summed E-state index contributed by atoms with van der Waals surface area (Å²) in [6, 6.07) is 9.22. The number of benzene rings is 1. The maximum atomic E-state index is 11.7. The summed E-state index contributed by atoms with van der Waals surface area (Å²) < 4.78 is 27.2. The van der Waals surface area contributed by atoms with E-state index in [2.05, 4.69) is 23.2 Å². The number of carbonyl (C=O) groups excluding carboxylic acids is 1. The number of aromatic nitrogens is 1. The van der Waals surface area contributed by atoms with Crippen LogP contribution in [0.15, 0.2) is 46.9 Å². The number of rotatable bonds is 7. The topological polar surface area (TPSA) is 82.9 Å². The second-order valence-electron chi connectivity index (χ2n) is 8.34. The van der Waals surface area contributed by atoms with Crippen molar-refractivity contribution in [2.45, 2.75) is 31.6 Å². The molecule has 0 amide bonds. The molecule has 0 spiro atoms. The lowest BCUT2D eigenvalue weighted by Gasteiger charge is -2.20. The number of carbonyl (C=O) groups is 1. The van der Waals surface area contributed by atoms with Crippen molar-refractivity contribution < 1.29 is 28.2 Å². The molecule has 34 heavy (non-hydrogen) atoms. The van der Waals surface area contributed by atoms with Gasteiger partial charge >= 0.3 is 5.97 Å². The van der Waals surface area contributed by atoms with Crippen LogP contribution in [0, 0.1) is 0 Å². The largest absolute Gasteiger partial charge is 0.493 e. The normalized spacial score (nSPS) is 16.3. The zero-order valence-corrected chi connectivity index (χ0v) is 19.5. The summed E-state index contributed by atoms with van der Waals surface area (Å²) >= 11 is 0. The van der Waals surface area contributed by atoms with Crippen LogP contribution < -0.4 is 24.9 Å². The van der Waals surface area contributed by atoms with Crippen molar-refractivity contribution in [2.24, 2.45) is 0 Å². The fourth-order valence-corrected chi connectivity index (χ4v) is 4.74. The fourth-order valence-electron chi connectivity index (χ4n) is 4.74. The Kier molecular flexibility index (Phi) is 5.92. The van der Waals surface area contributed by atoms with E-state index in [0.717, 1.165) is 47.7 Å². The van der Waals surface area contributed by atoms with E-state index in [1.54, 1.807) is 26.4 Å². The molecule has 1 N–H and O–H groups in total. The molecule has 2 heterocycles. The van der Waals surface area contributed by atoms with E-state index in [4.69, 9.17) is 23.4 Å². The number of methoxy groups -OCH3 is 3. The van der Waals surface area contributed by atoms with Crippen molar-refractivity contribution in [3.63, 3.8) is 0 Å². The third-order valence-electron chi connectivity index (χ3n) is 6.34. The number of allylic oxidation sites excluding steroid dienone is 1. The van der Waals surface area contributed by atoms with Crippen LogP contribution in [-0.2, 0) is 17.6 Å². The van der Waals surface area contributed by atoms with Crippen LogP contribution in [-0.4, -0.2) is 32.3 Å². The fraction of sp³-hybridized carbons (Fsp3) is 0.296. The summed E-state index contributed by atoms with van der Waals surface area (Å²) in [4.78, 5) is 15.3. The quantitative estimate of drug-likeness (QED) is 0.542.